The summed E-state index contributed by atoms with van der Waals surface area (Å²) in [5, 5.41) is 54.2. The molecule has 1 fully saturated rings. The Morgan fingerprint density at radius 3 is 1.35 bits per heavy atom. The highest BCUT2D eigenvalue weighted by atomic mass is 16.7. The number of aliphatic hydroxyl groups excluding tert-OH is 5. The average molecular weight is 878 g/mol. The SMILES string of the molecule is CCCCCCCC/C=C/CC/C=C/C(O)C(COC1OC(CO)C(O)C(O)C1O)NC(=O)CCCCCCCCCCCCCCCCC/C=C\CCCCCCCCCC. The Hall–Kier alpha value is -1.59. The zero-order valence-electron chi connectivity index (χ0n) is 40.1. The van der Waals surface area contributed by atoms with E-state index in [1.165, 1.54) is 180 Å². The van der Waals surface area contributed by atoms with E-state index in [4.69, 9.17) is 9.47 Å². The zero-order chi connectivity index (χ0) is 45.1. The first kappa shape index (κ1) is 58.4. The van der Waals surface area contributed by atoms with E-state index in [9.17, 15) is 30.3 Å². The van der Waals surface area contributed by atoms with Crippen LogP contribution in [0.1, 0.15) is 239 Å². The summed E-state index contributed by atoms with van der Waals surface area (Å²) in [6.45, 7) is 3.75. The van der Waals surface area contributed by atoms with Crippen molar-refractivity contribution in [1.82, 2.24) is 5.32 Å². The van der Waals surface area contributed by atoms with E-state index >= 15 is 0 Å². The van der Waals surface area contributed by atoms with Crippen molar-refractivity contribution in [2.24, 2.45) is 0 Å². The van der Waals surface area contributed by atoms with Gasteiger partial charge >= 0.3 is 0 Å². The van der Waals surface area contributed by atoms with Gasteiger partial charge in [0.15, 0.2) is 6.29 Å². The third-order valence-corrected chi connectivity index (χ3v) is 12.4. The molecule has 1 saturated heterocycles. The van der Waals surface area contributed by atoms with E-state index in [1.54, 1.807) is 6.08 Å². The topological polar surface area (TPSA) is 149 Å². The smallest absolute Gasteiger partial charge is 0.220 e. The van der Waals surface area contributed by atoms with Gasteiger partial charge < -0.3 is 40.3 Å². The minimum absolute atomic E-state index is 0.186. The van der Waals surface area contributed by atoms with E-state index in [-0.39, 0.29) is 12.5 Å². The number of hydrogen-bond donors (Lipinski definition) is 6. The second kappa shape index (κ2) is 43.3. The standard InChI is InChI=1S/C53H99NO8/c1-3-5-7-9-11-13-15-17-18-19-20-21-22-23-24-25-26-27-28-29-30-31-33-35-37-39-41-43-49(57)54-46(45-61-53-52(60)51(59)50(58)48(44-55)62-53)47(56)42-40-38-36-34-32-16-14-12-10-8-6-4-2/h19-20,32,34,40,42,46-48,50-53,55-56,58-60H,3-18,21-31,33,35-39,41,43-45H2,1-2H3,(H,54,57)/b20-19-,34-32+,42-40+. The van der Waals surface area contributed by atoms with Crippen molar-refractivity contribution < 1.29 is 39.8 Å². The molecule has 364 valence electrons. The van der Waals surface area contributed by atoms with Crippen LogP contribution < -0.4 is 5.32 Å². The number of carbonyl (C=O) groups excluding carboxylic acids is 1. The molecule has 0 radical (unpaired) electrons. The fourth-order valence-electron chi connectivity index (χ4n) is 8.23. The molecule has 9 nitrogen and oxygen atoms in total. The largest absolute Gasteiger partial charge is 0.394 e. The Bertz CT molecular complexity index is 1070. The zero-order valence-corrected chi connectivity index (χ0v) is 40.1. The Labute approximate surface area is 381 Å². The van der Waals surface area contributed by atoms with Crippen LogP contribution in [-0.4, -0.2) is 87.5 Å². The van der Waals surface area contributed by atoms with Crippen LogP contribution in [0, 0.1) is 0 Å². The molecule has 0 aliphatic carbocycles. The number of unbranched alkanes of at least 4 members (excludes halogenated alkanes) is 30. The summed E-state index contributed by atoms with van der Waals surface area (Å²) in [5.74, 6) is -0.186. The molecule has 7 atom stereocenters. The van der Waals surface area contributed by atoms with Crippen molar-refractivity contribution in [3.63, 3.8) is 0 Å². The molecule has 0 spiro atoms. The normalized spacial score (nSPS) is 20.5. The molecule has 0 saturated carbocycles. The maximum atomic E-state index is 13.0. The van der Waals surface area contributed by atoms with Crippen molar-refractivity contribution in [3.05, 3.63) is 36.5 Å². The van der Waals surface area contributed by atoms with Crippen LogP contribution in [0.5, 0.6) is 0 Å². The van der Waals surface area contributed by atoms with E-state index in [2.05, 4.69) is 43.5 Å². The van der Waals surface area contributed by atoms with E-state index < -0.39 is 49.5 Å². The first-order valence-corrected chi connectivity index (χ1v) is 26.2. The first-order chi connectivity index (χ1) is 30.3. The molecule has 0 bridgehead atoms. The second-order valence-corrected chi connectivity index (χ2v) is 18.3. The van der Waals surface area contributed by atoms with Crippen LogP contribution in [0.2, 0.25) is 0 Å². The Morgan fingerprint density at radius 2 is 0.919 bits per heavy atom. The summed E-state index contributed by atoms with van der Waals surface area (Å²) in [4.78, 5) is 13.0. The van der Waals surface area contributed by atoms with Gasteiger partial charge in [-0.1, -0.05) is 211 Å². The third kappa shape index (κ3) is 33.0. The number of allylic oxidation sites excluding steroid dienone is 5. The molecule has 1 aliphatic heterocycles. The Balaban J connectivity index is 2.19. The summed E-state index contributed by atoms with van der Waals surface area (Å²) >= 11 is 0. The summed E-state index contributed by atoms with van der Waals surface area (Å²) in [7, 11) is 0. The van der Waals surface area contributed by atoms with Crippen molar-refractivity contribution >= 4 is 5.91 Å². The van der Waals surface area contributed by atoms with Crippen molar-refractivity contribution in [2.45, 2.75) is 281 Å². The van der Waals surface area contributed by atoms with Gasteiger partial charge in [0, 0.05) is 6.42 Å². The highest BCUT2D eigenvalue weighted by Crippen LogP contribution is 2.23. The number of rotatable bonds is 44. The molecule has 0 aromatic carbocycles. The lowest BCUT2D eigenvalue weighted by molar-refractivity contribution is -0.302. The van der Waals surface area contributed by atoms with E-state index in [0.29, 0.717) is 6.42 Å². The predicted octanol–water partition coefficient (Wildman–Crippen LogP) is 12.0. The molecule has 0 aromatic heterocycles. The lowest BCUT2D eigenvalue weighted by Crippen LogP contribution is -2.60. The molecule has 6 N–H and O–H groups in total. The van der Waals surface area contributed by atoms with Gasteiger partial charge in [-0.25, -0.2) is 0 Å². The second-order valence-electron chi connectivity index (χ2n) is 18.3. The molecule has 7 unspecified atom stereocenters. The average Bonchev–Trinajstić information content (AvgIpc) is 3.27. The quantitative estimate of drug-likeness (QED) is 0.0262. The number of aliphatic hydroxyl groups is 5. The highest BCUT2D eigenvalue weighted by molar-refractivity contribution is 5.76. The number of hydrogen-bond acceptors (Lipinski definition) is 8. The third-order valence-electron chi connectivity index (χ3n) is 12.4. The summed E-state index contributed by atoms with van der Waals surface area (Å²) in [6.07, 6.45) is 47.9. The minimum Gasteiger partial charge on any atom is -0.394 e. The maximum absolute atomic E-state index is 13.0. The monoisotopic (exact) mass is 878 g/mol. The van der Waals surface area contributed by atoms with Crippen LogP contribution in [0.4, 0.5) is 0 Å². The van der Waals surface area contributed by atoms with Crippen LogP contribution >= 0.6 is 0 Å². The number of amides is 1. The predicted molar refractivity (Wildman–Crippen MR) is 258 cm³/mol. The van der Waals surface area contributed by atoms with Gasteiger partial charge in [-0.15, -0.1) is 0 Å². The number of ether oxygens (including phenoxy) is 2. The van der Waals surface area contributed by atoms with Gasteiger partial charge in [0.1, 0.15) is 24.4 Å². The molecule has 62 heavy (non-hydrogen) atoms. The van der Waals surface area contributed by atoms with Crippen molar-refractivity contribution in [3.8, 4) is 0 Å². The number of carbonyl (C=O) groups is 1. The molecule has 1 aliphatic rings. The van der Waals surface area contributed by atoms with Crippen LogP contribution in [0.25, 0.3) is 0 Å². The van der Waals surface area contributed by atoms with Gasteiger partial charge in [-0.3, -0.25) is 4.79 Å². The van der Waals surface area contributed by atoms with Gasteiger partial charge in [-0.05, 0) is 57.8 Å². The van der Waals surface area contributed by atoms with Gasteiger partial charge in [0.2, 0.25) is 5.91 Å². The molecular weight excluding hydrogens is 779 g/mol. The highest BCUT2D eigenvalue weighted by Gasteiger charge is 2.44. The van der Waals surface area contributed by atoms with E-state index in [1.807, 2.05) is 6.08 Å². The van der Waals surface area contributed by atoms with Crippen molar-refractivity contribution in [2.75, 3.05) is 13.2 Å². The molecule has 9 heteroatoms. The van der Waals surface area contributed by atoms with Gasteiger partial charge in [0.25, 0.3) is 0 Å². The molecular formula is C53H99NO8. The number of nitrogens with one attached hydrogen (secondary N) is 1. The summed E-state index contributed by atoms with van der Waals surface area (Å²) < 4.78 is 11.2. The Kier molecular flexibility index (Phi) is 40.8. The van der Waals surface area contributed by atoms with Crippen molar-refractivity contribution in [1.29, 1.82) is 0 Å². The lowest BCUT2D eigenvalue weighted by atomic mass is 9.99. The van der Waals surface area contributed by atoms with Crippen LogP contribution in [-0.2, 0) is 14.3 Å². The maximum Gasteiger partial charge on any atom is 0.220 e. The molecule has 0 aromatic rings. The molecule has 1 amide bonds. The van der Waals surface area contributed by atoms with Gasteiger partial charge in [-0.2, -0.15) is 0 Å². The van der Waals surface area contributed by atoms with E-state index in [0.717, 1.165) is 38.5 Å². The molecule has 1 heterocycles. The summed E-state index contributed by atoms with van der Waals surface area (Å²) in [6, 6.07) is -0.819. The fraction of sp³-hybridized carbons (Fsp3) is 0.868. The Morgan fingerprint density at radius 1 is 0.532 bits per heavy atom. The molecule has 1 rings (SSSR count). The van der Waals surface area contributed by atoms with Gasteiger partial charge in [0.05, 0.1) is 25.4 Å². The fourth-order valence-corrected chi connectivity index (χ4v) is 8.23. The lowest BCUT2D eigenvalue weighted by Gasteiger charge is -2.40. The minimum atomic E-state index is -1.57. The van der Waals surface area contributed by atoms with Crippen LogP contribution in [0.3, 0.4) is 0 Å². The summed E-state index contributed by atoms with van der Waals surface area (Å²) in [5.41, 5.74) is 0. The first-order valence-electron chi connectivity index (χ1n) is 26.2. The van der Waals surface area contributed by atoms with Crippen LogP contribution in [0.15, 0.2) is 36.5 Å².